The number of nitrogens with two attached hydrogens (primary N) is 1. The minimum atomic E-state index is -1.60. The molecule has 4 N–H and O–H groups in total. The van der Waals surface area contributed by atoms with Crippen LogP contribution in [0.25, 0.3) is 0 Å². The predicted molar refractivity (Wildman–Crippen MR) is 31.2 cm³/mol. The van der Waals surface area contributed by atoms with E-state index in [0.717, 1.165) is 6.08 Å². The predicted octanol–water partition coefficient (Wildman–Crippen LogP) is -1.27. The number of carbonyl (C=O) groups excluding carboxylic acids is 1. The van der Waals surface area contributed by atoms with E-state index in [1.807, 2.05) is 0 Å². The molecular formula is C5H9NO3. The Bertz CT molecular complexity index is 139. The Morgan fingerprint density at radius 3 is 2.22 bits per heavy atom. The molecule has 0 aromatic carbocycles. The first-order chi connectivity index (χ1) is 4.04. The smallest absolute Gasteiger partial charge is 0.244 e. The molecule has 4 nitrogen and oxygen atoms in total. The van der Waals surface area contributed by atoms with Crippen molar-refractivity contribution in [2.45, 2.75) is 13.2 Å². The third kappa shape index (κ3) is 3.69. The number of primary amides is 1. The Balaban J connectivity index is 4.00. The molecule has 0 radical (unpaired) electrons. The van der Waals surface area contributed by atoms with E-state index in [2.05, 4.69) is 0 Å². The van der Waals surface area contributed by atoms with Gasteiger partial charge in [0.2, 0.25) is 5.91 Å². The van der Waals surface area contributed by atoms with Crippen molar-refractivity contribution < 1.29 is 15.0 Å². The lowest BCUT2D eigenvalue weighted by Gasteiger charge is -1.95. The van der Waals surface area contributed by atoms with Gasteiger partial charge >= 0.3 is 0 Å². The molecule has 0 aromatic rings. The van der Waals surface area contributed by atoms with E-state index in [9.17, 15) is 4.79 Å². The molecule has 0 spiro atoms. The molecule has 0 aromatic heterocycles. The van der Waals surface area contributed by atoms with E-state index in [-0.39, 0.29) is 5.57 Å². The van der Waals surface area contributed by atoms with Gasteiger partial charge in [-0.3, -0.25) is 4.79 Å². The van der Waals surface area contributed by atoms with Gasteiger partial charge < -0.3 is 15.9 Å². The lowest BCUT2D eigenvalue weighted by atomic mass is 10.3. The Labute approximate surface area is 52.6 Å². The van der Waals surface area contributed by atoms with Crippen LogP contribution >= 0.6 is 0 Å². The van der Waals surface area contributed by atoms with Crippen molar-refractivity contribution in [3.05, 3.63) is 11.6 Å². The fraction of sp³-hybridized carbons (Fsp3) is 0.400. The fourth-order valence-corrected chi connectivity index (χ4v) is 0.306. The molecule has 0 fully saturated rings. The van der Waals surface area contributed by atoms with Crippen LogP contribution < -0.4 is 5.73 Å². The second-order valence-corrected chi connectivity index (χ2v) is 1.63. The molecule has 0 saturated carbocycles. The first kappa shape index (κ1) is 8.13. The van der Waals surface area contributed by atoms with Gasteiger partial charge in [-0.05, 0) is 13.0 Å². The summed E-state index contributed by atoms with van der Waals surface area (Å²) in [6, 6.07) is 0. The van der Waals surface area contributed by atoms with Crippen molar-refractivity contribution in [3.8, 4) is 0 Å². The van der Waals surface area contributed by atoms with Gasteiger partial charge in [-0.15, -0.1) is 0 Å². The summed E-state index contributed by atoms with van der Waals surface area (Å²) in [5.41, 5.74) is 4.90. The van der Waals surface area contributed by atoms with Gasteiger partial charge in [0.15, 0.2) is 6.29 Å². The minimum Gasteiger partial charge on any atom is -0.366 e. The Hall–Kier alpha value is -0.870. The summed E-state index contributed by atoms with van der Waals surface area (Å²) in [7, 11) is 0. The van der Waals surface area contributed by atoms with Gasteiger partial charge in [-0.2, -0.15) is 0 Å². The zero-order valence-corrected chi connectivity index (χ0v) is 5.03. The number of hydrogen-bond donors (Lipinski definition) is 3. The molecule has 0 aliphatic rings. The first-order valence-corrected chi connectivity index (χ1v) is 2.38. The number of rotatable bonds is 2. The number of carbonyl (C=O) groups is 1. The summed E-state index contributed by atoms with van der Waals surface area (Å²) in [5, 5.41) is 16.5. The van der Waals surface area contributed by atoms with Crippen LogP contribution in [-0.4, -0.2) is 22.4 Å². The molecule has 1 amide bonds. The highest BCUT2D eigenvalue weighted by Crippen LogP contribution is 1.91. The van der Waals surface area contributed by atoms with E-state index in [1.54, 1.807) is 0 Å². The molecule has 0 rings (SSSR count). The third-order valence-electron chi connectivity index (χ3n) is 0.788. The van der Waals surface area contributed by atoms with Crippen LogP contribution in [0.4, 0.5) is 0 Å². The topological polar surface area (TPSA) is 83.6 Å². The van der Waals surface area contributed by atoms with Crippen molar-refractivity contribution in [2.75, 3.05) is 0 Å². The summed E-state index contributed by atoms with van der Waals surface area (Å²) in [6.45, 7) is 1.40. The standard InChI is InChI=1S/C5H9NO3/c1-3(5(6)9)2-4(7)8/h2,4,7-8H,1H3,(H2,6,9). The highest BCUT2D eigenvalue weighted by atomic mass is 16.5. The lowest BCUT2D eigenvalue weighted by Crippen LogP contribution is -2.14. The molecule has 9 heavy (non-hydrogen) atoms. The maximum Gasteiger partial charge on any atom is 0.244 e. The van der Waals surface area contributed by atoms with Crippen molar-refractivity contribution >= 4 is 5.91 Å². The molecule has 4 heteroatoms. The van der Waals surface area contributed by atoms with E-state index in [4.69, 9.17) is 15.9 Å². The SMILES string of the molecule is CC(=CC(O)O)C(N)=O. The number of amides is 1. The Kier molecular flexibility index (Phi) is 2.90. The molecule has 52 valence electrons. The van der Waals surface area contributed by atoms with Gasteiger partial charge in [-0.1, -0.05) is 0 Å². The summed E-state index contributed by atoms with van der Waals surface area (Å²) < 4.78 is 0. The summed E-state index contributed by atoms with van der Waals surface area (Å²) in [6.07, 6.45) is -0.639. The van der Waals surface area contributed by atoms with Gasteiger partial charge in [0.1, 0.15) is 0 Å². The van der Waals surface area contributed by atoms with E-state index in [1.165, 1.54) is 6.92 Å². The molecule has 0 atom stereocenters. The molecular weight excluding hydrogens is 122 g/mol. The maximum absolute atomic E-state index is 10.2. The average molecular weight is 131 g/mol. The molecule has 0 bridgehead atoms. The highest BCUT2D eigenvalue weighted by Gasteiger charge is 1.98. The number of aliphatic hydroxyl groups is 2. The zero-order chi connectivity index (χ0) is 7.44. The number of hydrogen-bond acceptors (Lipinski definition) is 3. The Morgan fingerprint density at radius 1 is 1.67 bits per heavy atom. The van der Waals surface area contributed by atoms with Gasteiger partial charge in [0.05, 0.1) is 0 Å². The van der Waals surface area contributed by atoms with Crippen LogP contribution in [0.5, 0.6) is 0 Å². The molecule has 0 aliphatic carbocycles. The van der Waals surface area contributed by atoms with Crippen molar-refractivity contribution in [1.29, 1.82) is 0 Å². The van der Waals surface area contributed by atoms with Gasteiger partial charge in [0.25, 0.3) is 0 Å². The van der Waals surface area contributed by atoms with Crippen molar-refractivity contribution in [2.24, 2.45) is 5.73 Å². The normalized spacial score (nSPS) is 12.2. The molecule has 0 unspecified atom stereocenters. The van der Waals surface area contributed by atoms with Crippen LogP contribution in [-0.2, 0) is 4.79 Å². The van der Waals surface area contributed by atoms with E-state index >= 15 is 0 Å². The molecule has 0 aliphatic heterocycles. The van der Waals surface area contributed by atoms with E-state index < -0.39 is 12.2 Å². The summed E-state index contributed by atoms with van der Waals surface area (Å²) in [5.74, 6) is -0.650. The minimum absolute atomic E-state index is 0.144. The fourth-order valence-electron chi connectivity index (χ4n) is 0.306. The lowest BCUT2D eigenvalue weighted by molar-refractivity contribution is -0.114. The van der Waals surface area contributed by atoms with Gasteiger partial charge in [-0.25, -0.2) is 0 Å². The zero-order valence-electron chi connectivity index (χ0n) is 5.03. The largest absolute Gasteiger partial charge is 0.366 e. The van der Waals surface area contributed by atoms with Crippen LogP contribution in [0, 0.1) is 0 Å². The maximum atomic E-state index is 10.2. The highest BCUT2D eigenvalue weighted by molar-refractivity contribution is 5.91. The molecule has 0 saturated heterocycles. The quantitative estimate of drug-likeness (QED) is 0.322. The van der Waals surface area contributed by atoms with Crippen LogP contribution in [0.2, 0.25) is 0 Å². The number of aliphatic hydroxyl groups excluding tert-OH is 1. The van der Waals surface area contributed by atoms with E-state index in [0.29, 0.717) is 0 Å². The first-order valence-electron chi connectivity index (χ1n) is 2.38. The van der Waals surface area contributed by atoms with Gasteiger partial charge in [0, 0.05) is 5.57 Å². The van der Waals surface area contributed by atoms with Crippen LogP contribution in [0.15, 0.2) is 11.6 Å². The third-order valence-corrected chi connectivity index (χ3v) is 0.788. The second-order valence-electron chi connectivity index (χ2n) is 1.63. The summed E-state index contributed by atoms with van der Waals surface area (Å²) in [4.78, 5) is 10.2. The van der Waals surface area contributed by atoms with Crippen molar-refractivity contribution in [1.82, 2.24) is 0 Å². The monoisotopic (exact) mass is 131 g/mol. The average Bonchev–Trinajstić information content (AvgIpc) is 1.63. The van der Waals surface area contributed by atoms with Crippen LogP contribution in [0.3, 0.4) is 0 Å². The summed E-state index contributed by atoms with van der Waals surface area (Å²) >= 11 is 0. The van der Waals surface area contributed by atoms with Crippen LogP contribution in [0.1, 0.15) is 6.92 Å². The second kappa shape index (κ2) is 3.21. The Morgan fingerprint density at radius 2 is 2.11 bits per heavy atom. The van der Waals surface area contributed by atoms with Crippen molar-refractivity contribution in [3.63, 3.8) is 0 Å². The molecule has 0 heterocycles.